The molecule has 1 aliphatic rings. The van der Waals surface area contributed by atoms with Crippen LogP contribution in [0.4, 0.5) is 8.78 Å². The van der Waals surface area contributed by atoms with Gasteiger partial charge in [0.2, 0.25) is 0 Å². The number of hydrogen-bond acceptors (Lipinski definition) is 2. The molecule has 4 heteroatoms. The van der Waals surface area contributed by atoms with Crippen molar-refractivity contribution in [1.82, 2.24) is 5.32 Å². The summed E-state index contributed by atoms with van der Waals surface area (Å²) < 4.78 is 28.2. The van der Waals surface area contributed by atoms with Gasteiger partial charge in [0, 0.05) is 16.8 Å². The second-order valence-electron chi connectivity index (χ2n) is 4.73. The van der Waals surface area contributed by atoms with Gasteiger partial charge in [-0.2, -0.15) is 0 Å². The summed E-state index contributed by atoms with van der Waals surface area (Å²) in [4.78, 5) is 1.10. The molecular weight excluding hydrogens is 252 g/mol. The Morgan fingerprint density at radius 1 is 1.28 bits per heavy atom. The van der Waals surface area contributed by atoms with Crippen LogP contribution in [0.3, 0.4) is 0 Å². The zero-order chi connectivity index (χ0) is 12.7. The Kier molecular flexibility index (Phi) is 3.08. The van der Waals surface area contributed by atoms with Gasteiger partial charge in [-0.1, -0.05) is 6.92 Å². The van der Waals surface area contributed by atoms with Crippen molar-refractivity contribution < 1.29 is 8.78 Å². The van der Waals surface area contributed by atoms with Gasteiger partial charge in [-0.25, -0.2) is 8.78 Å². The topological polar surface area (TPSA) is 12.0 Å². The van der Waals surface area contributed by atoms with Gasteiger partial charge in [0.15, 0.2) is 0 Å². The smallest absolute Gasteiger partial charge is 0.141 e. The van der Waals surface area contributed by atoms with Gasteiger partial charge in [-0.3, -0.25) is 0 Å². The maximum atomic E-state index is 14.0. The van der Waals surface area contributed by atoms with Crippen LogP contribution in [0.15, 0.2) is 12.1 Å². The fourth-order valence-electron chi connectivity index (χ4n) is 2.38. The summed E-state index contributed by atoms with van der Waals surface area (Å²) in [6.07, 6.45) is 2.20. The maximum Gasteiger partial charge on any atom is 0.141 e. The van der Waals surface area contributed by atoms with Gasteiger partial charge in [-0.15, -0.1) is 11.3 Å². The molecule has 0 aliphatic heterocycles. The van der Waals surface area contributed by atoms with Gasteiger partial charge in [0.05, 0.1) is 4.70 Å². The van der Waals surface area contributed by atoms with E-state index in [1.54, 1.807) is 0 Å². The first kappa shape index (κ1) is 12.1. The first-order valence-electron chi connectivity index (χ1n) is 6.32. The molecule has 1 fully saturated rings. The van der Waals surface area contributed by atoms with Crippen molar-refractivity contribution in [2.45, 2.75) is 32.2 Å². The lowest BCUT2D eigenvalue weighted by atomic mass is 10.1. The Balaban J connectivity index is 2.19. The Labute approximate surface area is 109 Å². The van der Waals surface area contributed by atoms with E-state index in [2.05, 4.69) is 5.32 Å². The third-order valence-corrected chi connectivity index (χ3v) is 4.59. The average Bonchev–Trinajstić information content (AvgIpc) is 3.12. The molecule has 0 spiro atoms. The van der Waals surface area contributed by atoms with E-state index in [4.69, 9.17) is 0 Å². The molecule has 0 atom stereocenters. The molecule has 1 heterocycles. The molecule has 0 saturated heterocycles. The first-order chi connectivity index (χ1) is 8.72. The number of rotatable bonds is 4. The van der Waals surface area contributed by atoms with E-state index in [0.717, 1.165) is 29.8 Å². The molecule has 3 rings (SSSR count). The van der Waals surface area contributed by atoms with E-state index in [1.165, 1.54) is 23.5 Å². The molecule has 0 radical (unpaired) electrons. The third kappa shape index (κ3) is 1.93. The van der Waals surface area contributed by atoms with E-state index < -0.39 is 0 Å². The molecule has 1 aliphatic carbocycles. The summed E-state index contributed by atoms with van der Waals surface area (Å²) in [5.41, 5.74) is 1.05. The van der Waals surface area contributed by atoms with Crippen LogP contribution in [0, 0.1) is 11.6 Å². The van der Waals surface area contributed by atoms with Crippen molar-refractivity contribution in [1.29, 1.82) is 0 Å². The van der Waals surface area contributed by atoms with E-state index in [9.17, 15) is 8.78 Å². The van der Waals surface area contributed by atoms with Crippen LogP contribution < -0.4 is 5.32 Å². The van der Waals surface area contributed by atoms with Gasteiger partial charge >= 0.3 is 0 Å². The summed E-state index contributed by atoms with van der Waals surface area (Å²) in [6, 6.07) is 2.47. The minimum Gasteiger partial charge on any atom is -0.312 e. The molecular formula is C14H15F2NS. The zero-order valence-corrected chi connectivity index (χ0v) is 11.0. The fourth-order valence-corrected chi connectivity index (χ4v) is 3.65. The predicted molar refractivity (Wildman–Crippen MR) is 71.1 cm³/mol. The number of halogens is 2. The first-order valence-corrected chi connectivity index (χ1v) is 7.14. The summed E-state index contributed by atoms with van der Waals surface area (Å²) in [5, 5.41) is 3.78. The fraction of sp³-hybridized carbons (Fsp3) is 0.429. The molecule has 0 unspecified atom stereocenters. The molecule has 1 nitrogen and oxygen atoms in total. The van der Waals surface area contributed by atoms with Crippen molar-refractivity contribution in [2.24, 2.45) is 0 Å². The van der Waals surface area contributed by atoms with Crippen LogP contribution >= 0.6 is 11.3 Å². The average molecular weight is 267 g/mol. The van der Waals surface area contributed by atoms with Crippen molar-refractivity contribution >= 4 is 21.4 Å². The van der Waals surface area contributed by atoms with E-state index >= 15 is 0 Å². The highest BCUT2D eigenvalue weighted by Gasteiger charge is 2.31. The van der Waals surface area contributed by atoms with Crippen LogP contribution in [0.1, 0.15) is 36.1 Å². The maximum absolute atomic E-state index is 14.0. The largest absolute Gasteiger partial charge is 0.312 e. The molecule has 1 aromatic heterocycles. The SMILES string of the molecule is CCNCc1sc2c(F)ccc(F)c2c1C1CC1. The van der Waals surface area contributed by atoms with Gasteiger partial charge in [-0.05, 0) is 43.0 Å². The van der Waals surface area contributed by atoms with Crippen LogP contribution in [0.2, 0.25) is 0 Å². The minimum atomic E-state index is -0.305. The number of thiophene rings is 1. The standard InChI is InChI=1S/C14H15F2NS/c1-2-17-7-11-12(8-3-4-8)13-9(15)5-6-10(16)14(13)18-11/h5-6,8,17H,2-4,7H2,1H3. The van der Waals surface area contributed by atoms with E-state index in [-0.39, 0.29) is 11.6 Å². The lowest BCUT2D eigenvalue weighted by Gasteiger charge is -2.04. The van der Waals surface area contributed by atoms with Crippen molar-refractivity contribution in [3.63, 3.8) is 0 Å². The van der Waals surface area contributed by atoms with Crippen LogP contribution in [-0.4, -0.2) is 6.54 Å². The highest BCUT2D eigenvalue weighted by Crippen LogP contribution is 2.49. The van der Waals surface area contributed by atoms with Crippen molar-refractivity contribution in [2.75, 3.05) is 6.54 Å². The molecule has 2 aromatic rings. The highest BCUT2D eigenvalue weighted by molar-refractivity contribution is 7.19. The molecule has 1 N–H and O–H groups in total. The lowest BCUT2D eigenvalue weighted by Crippen LogP contribution is -2.11. The second kappa shape index (κ2) is 4.59. The number of hydrogen-bond donors (Lipinski definition) is 1. The van der Waals surface area contributed by atoms with Crippen molar-refractivity contribution in [3.05, 3.63) is 34.2 Å². The summed E-state index contributed by atoms with van der Waals surface area (Å²) >= 11 is 1.40. The summed E-state index contributed by atoms with van der Waals surface area (Å²) in [6.45, 7) is 3.61. The number of fused-ring (bicyclic) bond motifs is 1. The number of nitrogens with one attached hydrogen (secondary N) is 1. The molecule has 1 saturated carbocycles. The molecule has 18 heavy (non-hydrogen) atoms. The monoisotopic (exact) mass is 267 g/mol. The number of benzene rings is 1. The predicted octanol–water partition coefficient (Wildman–Crippen LogP) is 4.17. The quantitative estimate of drug-likeness (QED) is 0.876. The normalized spacial score (nSPS) is 15.5. The van der Waals surface area contributed by atoms with Crippen molar-refractivity contribution in [3.8, 4) is 0 Å². The Morgan fingerprint density at radius 3 is 2.67 bits per heavy atom. The summed E-state index contributed by atoms with van der Waals surface area (Å²) in [7, 11) is 0. The van der Waals surface area contributed by atoms with Crippen LogP contribution in [0.25, 0.3) is 10.1 Å². The van der Waals surface area contributed by atoms with Crippen LogP contribution in [-0.2, 0) is 6.54 Å². The third-order valence-electron chi connectivity index (χ3n) is 3.37. The lowest BCUT2D eigenvalue weighted by molar-refractivity contribution is 0.618. The van der Waals surface area contributed by atoms with Crippen LogP contribution in [0.5, 0.6) is 0 Å². The Morgan fingerprint density at radius 2 is 2.00 bits per heavy atom. The van der Waals surface area contributed by atoms with Gasteiger partial charge in [0.25, 0.3) is 0 Å². The van der Waals surface area contributed by atoms with Gasteiger partial charge in [0.1, 0.15) is 11.6 Å². The molecule has 1 aromatic carbocycles. The van der Waals surface area contributed by atoms with E-state index in [0.29, 0.717) is 22.5 Å². The Hall–Kier alpha value is -1.00. The molecule has 96 valence electrons. The summed E-state index contributed by atoms with van der Waals surface area (Å²) in [5.74, 6) is -0.156. The molecule has 0 amide bonds. The zero-order valence-electron chi connectivity index (χ0n) is 10.2. The Bertz CT molecular complexity index is 587. The molecule has 0 bridgehead atoms. The minimum absolute atomic E-state index is 0.285. The van der Waals surface area contributed by atoms with Gasteiger partial charge < -0.3 is 5.32 Å². The second-order valence-corrected chi connectivity index (χ2v) is 5.83. The van der Waals surface area contributed by atoms with E-state index in [1.807, 2.05) is 6.92 Å². The highest BCUT2D eigenvalue weighted by atomic mass is 32.1.